The number of fused-ring (bicyclic) bond motifs is 1. The van der Waals surface area contributed by atoms with Gasteiger partial charge in [0.25, 0.3) is 5.91 Å². The zero-order valence-corrected chi connectivity index (χ0v) is 17.1. The molecule has 150 valence electrons. The first kappa shape index (κ1) is 19.8. The van der Waals surface area contributed by atoms with Gasteiger partial charge >= 0.3 is 0 Å². The summed E-state index contributed by atoms with van der Waals surface area (Å²) in [7, 11) is 0. The quantitative estimate of drug-likeness (QED) is 0.612. The Morgan fingerprint density at radius 2 is 2.03 bits per heavy atom. The summed E-state index contributed by atoms with van der Waals surface area (Å²) in [6.07, 6.45) is 1.58. The number of benzene rings is 1. The average molecular weight is 431 g/mol. The monoisotopic (exact) mass is 430 g/mol. The molecule has 2 N–H and O–H groups in total. The minimum Gasteiger partial charge on any atom is -0.504 e. The lowest BCUT2D eigenvalue weighted by molar-refractivity contribution is 0.0943. The molecule has 29 heavy (non-hydrogen) atoms. The number of aromatic nitrogens is 2. The van der Waals surface area contributed by atoms with Gasteiger partial charge in [0.2, 0.25) is 0 Å². The van der Waals surface area contributed by atoms with Crippen molar-refractivity contribution in [1.29, 1.82) is 0 Å². The third-order valence-electron chi connectivity index (χ3n) is 4.45. The number of nitrogens with zero attached hydrogens (tertiary/aromatic N) is 3. The molecule has 0 aliphatic carbocycles. The first-order valence-corrected chi connectivity index (χ1v) is 11.2. The van der Waals surface area contributed by atoms with Gasteiger partial charge in [-0.25, -0.2) is 9.37 Å². The Hall–Kier alpha value is -2.52. The topological polar surface area (TPSA) is 78.4 Å². The van der Waals surface area contributed by atoms with E-state index >= 15 is 0 Å². The first-order chi connectivity index (χ1) is 14.1. The third-order valence-corrected chi connectivity index (χ3v) is 6.72. The van der Waals surface area contributed by atoms with Gasteiger partial charge < -0.3 is 10.4 Å². The molecule has 1 aliphatic heterocycles. The Balaban J connectivity index is 1.66. The van der Waals surface area contributed by atoms with Crippen molar-refractivity contribution in [3.05, 3.63) is 59.7 Å². The second kappa shape index (κ2) is 8.87. The maximum Gasteiger partial charge on any atom is 0.274 e. The van der Waals surface area contributed by atoms with Crippen molar-refractivity contribution in [3.8, 4) is 5.75 Å². The van der Waals surface area contributed by atoms with Crippen LogP contribution in [0.2, 0.25) is 0 Å². The molecule has 1 fully saturated rings. The summed E-state index contributed by atoms with van der Waals surface area (Å²) in [6, 6.07) is 9.51. The average Bonchev–Trinajstić information content (AvgIpc) is 3.03. The SMILES string of the molecule is O=C(NCc1ccc(F)cc1)c1nc(N2CCSCCS2)c2cccnc2c1O. The highest BCUT2D eigenvalue weighted by Gasteiger charge is 2.23. The lowest BCUT2D eigenvalue weighted by Crippen LogP contribution is -2.26. The van der Waals surface area contributed by atoms with Gasteiger partial charge in [-0.1, -0.05) is 12.1 Å². The lowest BCUT2D eigenvalue weighted by atomic mass is 10.2. The molecule has 4 rings (SSSR count). The van der Waals surface area contributed by atoms with E-state index in [2.05, 4.69) is 19.6 Å². The van der Waals surface area contributed by atoms with E-state index in [0.29, 0.717) is 16.7 Å². The molecule has 6 nitrogen and oxygen atoms in total. The summed E-state index contributed by atoms with van der Waals surface area (Å²) in [5.41, 5.74) is 1.03. The predicted octanol–water partition coefficient (Wildman–Crippen LogP) is 3.61. The van der Waals surface area contributed by atoms with Crippen LogP contribution in [0.5, 0.6) is 5.75 Å². The Morgan fingerprint density at radius 3 is 2.86 bits per heavy atom. The fourth-order valence-corrected chi connectivity index (χ4v) is 5.11. The van der Waals surface area contributed by atoms with Gasteiger partial charge in [0.05, 0.1) is 0 Å². The molecule has 0 radical (unpaired) electrons. The molecule has 1 aliphatic rings. The Bertz CT molecular complexity index is 1020. The zero-order chi connectivity index (χ0) is 20.2. The number of nitrogens with one attached hydrogen (secondary N) is 1. The Morgan fingerprint density at radius 1 is 1.21 bits per heavy atom. The number of pyridine rings is 2. The minimum atomic E-state index is -0.505. The van der Waals surface area contributed by atoms with Crippen LogP contribution in [0.4, 0.5) is 10.2 Å². The number of halogens is 1. The molecule has 0 spiro atoms. The van der Waals surface area contributed by atoms with Crippen LogP contribution < -0.4 is 9.62 Å². The van der Waals surface area contributed by atoms with Gasteiger partial charge in [-0.15, -0.1) is 0 Å². The van der Waals surface area contributed by atoms with Crippen molar-refractivity contribution in [2.45, 2.75) is 6.54 Å². The number of aromatic hydroxyl groups is 1. The number of anilines is 1. The highest BCUT2D eigenvalue weighted by atomic mass is 32.2. The normalized spacial score (nSPS) is 14.6. The van der Waals surface area contributed by atoms with Gasteiger partial charge in [0, 0.05) is 41.9 Å². The van der Waals surface area contributed by atoms with E-state index in [0.717, 1.165) is 29.4 Å². The van der Waals surface area contributed by atoms with Crippen LogP contribution in [-0.4, -0.2) is 44.8 Å². The van der Waals surface area contributed by atoms with E-state index < -0.39 is 5.91 Å². The highest BCUT2D eigenvalue weighted by molar-refractivity contribution is 8.04. The molecule has 3 heterocycles. The minimum absolute atomic E-state index is 0.0641. The van der Waals surface area contributed by atoms with Gasteiger partial charge in [-0.2, -0.15) is 11.8 Å². The highest BCUT2D eigenvalue weighted by Crippen LogP contribution is 2.35. The molecule has 0 saturated carbocycles. The number of rotatable bonds is 4. The summed E-state index contributed by atoms with van der Waals surface area (Å²) in [6.45, 7) is 0.985. The molecule has 0 unspecified atom stereocenters. The molecular weight excluding hydrogens is 411 g/mol. The van der Waals surface area contributed by atoms with E-state index in [4.69, 9.17) is 0 Å². The number of amides is 1. The van der Waals surface area contributed by atoms with Crippen molar-refractivity contribution in [1.82, 2.24) is 15.3 Å². The van der Waals surface area contributed by atoms with Crippen LogP contribution in [-0.2, 0) is 6.54 Å². The summed E-state index contributed by atoms with van der Waals surface area (Å²) >= 11 is 3.54. The zero-order valence-electron chi connectivity index (χ0n) is 15.5. The molecule has 1 amide bonds. The lowest BCUT2D eigenvalue weighted by Gasteiger charge is -2.22. The molecule has 9 heteroatoms. The second-order valence-corrected chi connectivity index (χ2v) is 8.72. The van der Waals surface area contributed by atoms with Crippen LogP contribution in [0.25, 0.3) is 10.9 Å². The standard InChI is InChI=1S/C20H19FN4O2S2/c21-14-5-3-13(4-6-14)12-23-20(27)17-18(26)16-15(2-1-7-22-16)19(24-17)25-8-9-28-10-11-29-25/h1-7,26H,8-12H2,(H,23,27). The molecular formula is C20H19FN4O2S2. The number of hydrogen-bond acceptors (Lipinski definition) is 7. The van der Waals surface area contributed by atoms with Crippen molar-refractivity contribution in [3.63, 3.8) is 0 Å². The summed E-state index contributed by atoms with van der Waals surface area (Å²) in [5, 5.41) is 14.1. The number of hydrogen-bond donors (Lipinski definition) is 2. The van der Waals surface area contributed by atoms with Crippen molar-refractivity contribution >= 4 is 46.3 Å². The predicted molar refractivity (Wildman–Crippen MR) is 116 cm³/mol. The van der Waals surface area contributed by atoms with Gasteiger partial charge in [-0.05, 0) is 41.8 Å². The van der Waals surface area contributed by atoms with Crippen LogP contribution in [0, 0.1) is 5.82 Å². The van der Waals surface area contributed by atoms with Crippen LogP contribution in [0.3, 0.4) is 0 Å². The maximum absolute atomic E-state index is 13.1. The van der Waals surface area contributed by atoms with E-state index in [-0.39, 0.29) is 23.8 Å². The van der Waals surface area contributed by atoms with Gasteiger partial charge in [0.15, 0.2) is 11.4 Å². The summed E-state index contributed by atoms with van der Waals surface area (Å²) in [5.74, 6) is 2.51. The third kappa shape index (κ3) is 4.40. The van der Waals surface area contributed by atoms with Crippen molar-refractivity contribution < 1.29 is 14.3 Å². The van der Waals surface area contributed by atoms with Crippen LogP contribution in [0.1, 0.15) is 16.1 Å². The largest absolute Gasteiger partial charge is 0.504 e. The second-order valence-electron chi connectivity index (χ2n) is 6.39. The number of thioether (sulfide) groups is 1. The molecule has 0 bridgehead atoms. The summed E-state index contributed by atoms with van der Waals surface area (Å²) in [4.78, 5) is 21.6. The van der Waals surface area contributed by atoms with Gasteiger partial charge in [0.1, 0.15) is 17.2 Å². The maximum atomic E-state index is 13.1. The van der Waals surface area contributed by atoms with E-state index in [1.807, 2.05) is 17.8 Å². The molecule has 3 aromatic rings. The number of carbonyl (C=O) groups excluding carboxylic acids is 1. The summed E-state index contributed by atoms with van der Waals surface area (Å²) < 4.78 is 15.1. The van der Waals surface area contributed by atoms with E-state index in [9.17, 15) is 14.3 Å². The van der Waals surface area contributed by atoms with Crippen LogP contribution >= 0.6 is 23.7 Å². The van der Waals surface area contributed by atoms with Crippen molar-refractivity contribution in [2.24, 2.45) is 0 Å². The molecule has 0 atom stereocenters. The molecule has 2 aromatic heterocycles. The Labute approximate surface area is 176 Å². The van der Waals surface area contributed by atoms with Crippen LogP contribution in [0.15, 0.2) is 42.6 Å². The Kier molecular flexibility index (Phi) is 6.05. The van der Waals surface area contributed by atoms with E-state index in [1.165, 1.54) is 12.1 Å². The van der Waals surface area contributed by atoms with E-state index in [1.54, 1.807) is 36.3 Å². The first-order valence-electron chi connectivity index (χ1n) is 9.12. The fourth-order valence-electron chi connectivity index (χ4n) is 3.01. The van der Waals surface area contributed by atoms with Gasteiger partial charge in [-0.3, -0.25) is 14.1 Å². The number of carbonyl (C=O) groups is 1. The fraction of sp³-hybridized carbons (Fsp3) is 0.250. The molecule has 1 saturated heterocycles. The smallest absolute Gasteiger partial charge is 0.274 e. The van der Waals surface area contributed by atoms with Crippen molar-refractivity contribution in [2.75, 3.05) is 28.1 Å². The molecule has 1 aromatic carbocycles.